The fourth-order valence-corrected chi connectivity index (χ4v) is 3.43. The molecule has 0 aromatic carbocycles. The molecule has 1 fully saturated rings. The number of esters is 1. The Kier molecular flexibility index (Phi) is 7.41. The zero-order valence-corrected chi connectivity index (χ0v) is 16.5. The van der Waals surface area contributed by atoms with Crippen molar-refractivity contribution in [3.8, 4) is 0 Å². The van der Waals surface area contributed by atoms with E-state index >= 15 is 0 Å². The standard InChI is InChI=1S/C19H29N3O5/c1-5-27-19(25)15-12(2)16(21-13(15)3)18(24)22-9-6-7-14(11-22)17(23)20-8-10-26-4/h14,21H,5-11H2,1-4H3,(H,20,23)/t14-/m1/s1. The van der Waals surface area contributed by atoms with Gasteiger partial charge in [0.1, 0.15) is 5.69 Å². The number of amides is 2. The van der Waals surface area contributed by atoms with Gasteiger partial charge < -0.3 is 24.7 Å². The van der Waals surface area contributed by atoms with E-state index in [9.17, 15) is 14.4 Å². The van der Waals surface area contributed by atoms with Gasteiger partial charge in [-0.15, -0.1) is 0 Å². The number of methoxy groups -OCH3 is 1. The molecule has 1 saturated heterocycles. The normalized spacial score (nSPS) is 16.9. The van der Waals surface area contributed by atoms with Crippen LogP contribution in [-0.2, 0) is 14.3 Å². The van der Waals surface area contributed by atoms with Gasteiger partial charge in [0.05, 0.1) is 24.7 Å². The average Bonchev–Trinajstić information content (AvgIpc) is 2.95. The van der Waals surface area contributed by atoms with Crippen molar-refractivity contribution in [3.63, 3.8) is 0 Å². The summed E-state index contributed by atoms with van der Waals surface area (Å²) in [5.74, 6) is -0.922. The summed E-state index contributed by atoms with van der Waals surface area (Å²) in [6.45, 7) is 7.37. The van der Waals surface area contributed by atoms with Crippen molar-refractivity contribution in [2.45, 2.75) is 33.6 Å². The summed E-state index contributed by atoms with van der Waals surface area (Å²) in [6.07, 6.45) is 1.51. The van der Waals surface area contributed by atoms with Crippen LogP contribution in [0, 0.1) is 19.8 Å². The van der Waals surface area contributed by atoms with Gasteiger partial charge in [-0.05, 0) is 39.2 Å². The molecule has 1 aliphatic heterocycles. The molecule has 0 aliphatic carbocycles. The lowest BCUT2D eigenvalue weighted by Gasteiger charge is -2.32. The summed E-state index contributed by atoms with van der Waals surface area (Å²) in [6, 6.07) is 0. The van der Waals surface area contributed by atoms with Crippen LogP contribution in [-0.4, -0.2) is 67.6 Å². The second-order valence-electron chi connectivity index (χ2n) is 6.72. The predicted molar refractivity (Wildman–Crippen MR) is 99.7 cm³/mol. The van der Waals surface area contributed by atoms with Crippen LogP contribution >= 0.6 is 0 Å². The number of hydrogen-bond acceptors (Lipinski definition) is 5. The Morgan fingerprint density at radius 2 is 2.04 bits per heavy atom. The highest BCUT2D eigenvalue weighted by molar-refractivity contribution is 6.00. The van der Waals surface area contributed by atoms with Crippen molar-refractivity contribution >= 4 is 17.8 Å². The van der Waals surface area contributed by atoms with Crippen molar-refractivity contribution in [1.82, 2.24) is 15.2 Å². The Morgan fingerprint density at radius 1 is 1.30 bits per heavy atom. The number of aromatic amines is 1. The lowest BCUT2D eigenvalue weighted by atomic mass is 9.96. The zero-order valence-electron chi connectivity index (χ0n) is 16.5. The second-order valence-corrected chi connectivity index (χ2v) is 6.72. The van der Waals surface area contributed by atoms with Crippen molar-refractivity contribution in [2.75, 3.05) is 40.0 Å². The topological polar surface area (TPSA) is 101 Å². The largest absolute Gasteiger partial charge is 0.462 e. The zero-order chi connectivity index (χ0) is 20.0. The van der Waals surface area contributed by atoms with Gasteiger partial charge in [-0.1, -0.05) is 0 Å². The summed E-state index contributed by atoms with van der Waals surface area (Å²) in [5, 5.41) is 2.84. The molecule has 1 aromatic rings. The van der Waals surface area contributed by atoms with Crippen LogP contribution in [0.4, 0.5) is 0 Å². The van der Waals surface area contributed by atoms with Gasteiger partial charge in [-0.25, -0.2) is 4.79 Å². The Labute approximate surface area is 159 Å². The number of carbonyl (C=O) groups is 3. The lowest BCUT2D eigenvalue weighted by molar-refractivity contribution is -0.126. The van der Waals surface area contributed by atoms with Gasteiger partial charge in [0, 0.05) is 32.4 Å². The first-order chi connectivity index (χ1) is 12.9. The molecule has 2 N–H and O–H groups in total. The van der Waals surface area contributed by atoms with Gasteiger partial charge in [-0.2, -0.15) is 0 Å². The van der Waals surface area contributed by atoms with Crippen molar-refractivity contribution in [1.29, 1.82) is 0 Å². The van der Waals surface area contributed by atoms with E-state index in [1.165, 1.54) is 0 Å². The van der Waals surface area contributed by atoms with Gasteiger partial charge in [0.25, 0.3) is 5.91 Å². The number of likely N-dealkylation sites (tertiary alicyclic amines) is 1. The number of ether oxygens (including phenoxy) is 2. The van der Waals surface area contributed by atoms with Gasteiger partial charge in [0.15, 0.2) is 0 Å². The van der Waals surface area contributed by atoms with E-state index in [1.54, 1.807) is 32.8 Å². The average molecular weight is 379 g/mol. The van der Waals surface area contributed by atoms with Crippen LogP contribution < -0.4 is 5.32 Å². The number of nitrogens with zero attached hydrogens (tertiary/aromatic N) is 1. The third-order valence-electron chi connectivity index (χ3n) is 4.82. The predicted octanol–water partition coefficient (Wildman–Crippen LogP) is 1.42. The highest BCUT2D eigenvalue weighted by Crippen LogP contribution is 2.23. The van der Waals surface area contributed by atoms with Crippen LogP contribution in [0.2, 0.25) is 0 Å². The molecule has 2 heterocycles. The maximum Gasteiger partial charge on any atom is 0.340 e. The quantitative estimate of drug-likeness (QED) is 0.551. The minimum Gasteiger partial charge on any atom is -0.462 e. The minimum absolute atomic E-state index is 0.0591. The Balaban J connectivity index is 2.10. The van der Waals surface area contributed by atoms with E-state index < -0.39 is 5.97 Å². The monoisotopic (exact) mass is 379 g/mol. The SMILES string of the molecule is CCOC(=O)c1c(C)[nH]c(C(=O)N2CCC[C@@H](C(=O)NCCOC)C2)c1C. The van der Waals surface area contributed by atoms with Crippen LogP contribution in [0.3, 0.4) is 0 Å². The highest BCUT2D eigenvalue weighted by atomic mass is 16.5. The molecule has 0 bridgehead atoms. The molecular weight excluding hydrogens is 350 g/mol. The van der Waals surface area contributed by atoms with E-state index in [0.717, 1.165) is 12.8 Å². The van der Waals surface area contributed by atoms with Gasteiger partial charge in [0.2, 0.25) is 5.91 Å². The second kappa shape index (κ2) is 9.55. The number of aromatic nitrogens is 1. The molecule has 1 aromatic heterocycles. The number of hydrogen-bond donors (Lipinski definition) is 2. The summed E-state index contributed by atoms with van der Waals surface area (Å²) in [7, 11) is 1.58. The van der Waals surface area contributed by atoms with Crippen LogP contribution in [0.15, 0.2) is 0 Å². The summed E-state index contributed by atoms with van der Waals surface area (Å²) < 4.78 is 10.0. The van der Waals surface area contributed by atoms with Gasteiger partial charge in [-0.3, -0.25) is 9.59 Å². The molecule has 1 atom stereocenters. The van der Waals surface area contributed by atoms with E-state index in [4.69, 9.17) is 9.47 Å². The third-order valence-corrected chi connectivity index (χ3v) is 4.82. The first-order valence-electron chi connectivity index (χ1n) is 9.32. The molecule has 0 spiro atoms. The maximum atomic E-state index is 13.0. The maximum absolute atomic E-state index is 13.0. The fraction of sp³-hybridized carbons (Fsp3) is 0.632. The van der Waals surface area contributed by atoms with Crippen molar-refractivity contribution in [3.05, 3.63) is 22.5 Å². The minimum atomic E-state index is -0.433. The molecule has 0 saturated carbocycles. The number of nitrogens with one attached hydrogen (secondary N) is 2. The Hall–Kier alpha value is -2.35. The molecule has 2 amide bonds. The van der Waals surface area contributed by atoms with E-state index in [1.807, 2.05) is 0 Å². The van der Waals surface area contributed by atoms with E-state index in [2.05, 4.69) is 10.3 Å². The molecule has 1 aliphatic rings. The molecule has 150 valence electrons. The van der Waals surface area contributed by atoms with Crippen LogP contribution in [0.25, 0.3) is 0 Å². The van der Waals surface area contributed by atoms with Gasteiger partial charge >= 0.3 is 5.97 Å². The van der Waals surface area contributed by atoms with Crippen LogP contribution in [0.1, 0.15) is 51.9 Å². The summed E-state index contributed by atoms with van der Waals surface area (Å²) >= 11 is 0. The summed E-state index contributed by atoms with van der Waals surface area (Å²) in [5.41, 5.74) is 1.99. The van der Waals surface area contributed by atoms with Crippen molar-refractivity contribution < 1.29 is 23.9 Å². The fourth-order valence-electron chi connectivity index (χ4n) is 3.43. The lowest BCUT2D eigenvalue weighted by Crippen LogP contribution is -2.46. The number of rotatable bonds is 7. The Morgan fingerprint density at radius 3 is 2.70 bits per heavy atom. The third kappa shape index (κ3) is 4.88. The first-order valence-corrected chi connectivity index (χ1v) is 9.32. The van der Waals surface area contributed by atoms with Crippen molar-refractivity contribution in [2.24, 2.45) is 5.92 Å². The Bertz CT molecular complexity index is 698. The van der Waals surface area contributed by atoms with E-state index in [0.29, 0.717) is 48.8 Å². The molecular formula is C19H29N3O5. The molecule has 0 radical (unpaired) electrons. The molecule has 8 heteroatoms. The molecule has 8 nitrogen and oxygen atoms in total. The van der Waals surface area contributed by atoms with Crippen LogP contribution in [0.5, 0.6) is 0 Å². The molecule has 2 rings (SSSR count). The number of H-pyrrole nitrogens is 1. The molecule has 27 heavy (non-hydrogen) atoms. The smallest absolute Gasteiger partial charge is 0.340 e. The summed E-state index contributed by atoms with van der Waals surface area (Å²) in [4.78, 5) is 42.1. The van der Waals surface area contributed by atoms with E-state index in [-0.39, 0.29) is 24.3 Å². The number of aryl methyl sites for hydroxylation is 1. The number of piperidine rings is 1. The highest BCUT2D eigenvalue weighted by Gasteiger charge is 2.31. The first kappa shape index (κ1) is 21.0. The molecule has 0 unspecified atom stereocenters. The number of carbonyl (C=O) groups excluding carboxylic acids is 3.